The number of carboxylic acid groups (broad SMARTS) is 1. The zero-order valence-corrected chi connectivity index (χ0v) is 14.2. The summed E-state index contributed by atoms with van der Waals surface area (Å²) in [6.07, 6.45) is 8.52. The molecule has 0 unspecified atom stereocenters. The van der Waals surface area contributed by atoms with Crippen LogP contribution in [0.15, 0.2) is 55.2 Å². The Balaban J connectivity index is 1.55. The van der Waals surface area contributed by atoms with E-state index in [-0.39, 0.29) is 5.56 Å². The third-order valence-electron chi connectivity index (χ3n) is 4.30. The Labute approximate surface area is 149 Å². The normalized spacial score (nSPS) is 11.5. The van der Waals surface area contributed by atoms with Gasteiger partial charge in [-0.2, -0.15) is 5.10 Å². The van der Waals surface area contributed by atoms with Gasteiger partial charge < -0.3 is 5.11 Å². The Kier molecular flexibility index (Phi) is 4.06. The topological polar surface area (TPSA) is 83.6 Å². The van der Waals surface area contributed by atoms with Crippen LogP contribution in [0.2, 0.25) is 0 Å². The fourth-order valence-electron chi connectivity index (χ4n) is 3.13. The van der Waals surface area contributed by atoms with E-state index in [0.717, 1.165) is 17.5 Å². The number of aromatic nitrogens is 4. The molecule has 0 spiro atoms. The van der Waals surface area contributed by atoms with Gasteiger partial charge in [-0.15, -0.1) is 0 Å². The zero-order valence-electron chi connectivity index (χ0n) is 14.2. The Morgan fingerprint density at radius 1 is 1.19 bits per heavy atom. The van der Waals surface area contributed by atoms with Crippen LogP contribution in [0.3, 0.4) is 0 Å². The Hall–Kier alpha value is -3.32. The Bertz CT molecular complexity index is 1100. The van der Waals surface area contributed by atoms with Crippen LogP contribution in [0.5, 0.6) is 0 Å². The number of nitrogens with zero attached hydrogens (tertiary/aromatic N) is 5. The molecule has 130 valence electrons. The largest absolute Gasteiger partial charge is 0.477 e. The van der Waals surface area contributed by atoms with E-state index in [9.17, 15) is 4.79 Å². The molecule has 7 heteroatoms. The SMILES string of the molecule is CN(Cc1cnc2c(C(=O)O)cnn2c1)Cc1cccc2cnccc12. The molecular weight excluding hydrogens is 330 g/mol. The van der Waals surface area contributed by atoms with Crippen LogP contribution in [-0.4, -0.2) is 42.6 Å². The fraction of sp³-hybridized carbons (Fsp3) is 0.158. The molecule has 0 aliphatic carbocycles. The molecule has 0 atom stereocenters. The van der Waals surface area contributed by atoms with Crippen molar-refractivity contribution in [2.75, 3.05) is 7.05 Å². The molecule has 3 aromatic heterocycles. The molecule has 0 saturated carbocycles. The lowest BCUT2D eigenvalue weighted by Gasteiger charge is -2.18. The number of carbonyl (C=O) groups is 1. The summed E-state index contributed by atoms with van der Waals surface area (Å²) in [6.45, 7) is 1.45. The van der Waals surface area contributed by atoms with Crippen molar-refractivity contribution >= 4 is 22.4 Å². The molecule has 0 radical (unpaired) electrons. The maximum atomic E-state index is 11.1. The summed E-state index contributed by atoms with van der Waals surface area (Å²) < 4.78 is 1.51. The first-order valence-corrected chi connectivity index (χ1v) is 8.17. The number of aromatic carboxylic acids is 1. The van der Waals surface area contributed by atoms with Crippen LogP contribution in [0.4, 0.5) is 0 Å². The van der Waals surface area contributed by atoms with Crippen LogP contribution in [0, 0.1) is 0 Å². The quantitative estimate of drug-likeness (QED) is 0.597. The first-order valence-electron chi connectivity index (χ1n) is 8.17. The minimum absolute atomic E-state index is 0.106. The minimum Gasteiger partial charge on any atom is -0.477 e. The molecule has 1 N–H and O–H groups in total. The van der Waals surface area contributed by atoms with Crippen molar-refractivity contribution in [1.82, 2.24) is 24.5 Å². The highest BCUT2D eigenvalue weighted by Crippen LogP contribution is 2.19. The molecule has 0 saturated heterocycles. The van der Waals surface area contributed by atoms with Gasteiger partial charge in [-0.3, -0.25) is 9.88 Å². The maximum absolute atomic E-state index is 11.1. The van der Waals surface area contributed by atoms with Crippen molar-refractivity contribution in [2.24, 2.45) is 0 Å². The van der Waals surface area contributed by atoms with E-state index >= 15 is 0 Å². The minimum atomic E-state index is -1.03. The van der Waals surface area contributed by atoms with E-state index in [1.807, 2.05) is 31.6 Å². The van der Waals surface area contributed by atoms with Gasteiger partial charge in [0.15, 0.2) is 5.65 Å². The van der Waals surface area contributed by atoms with Crippen LogP contribution < -0.4 is 0 Å². The second-order valence-electron chi connectivity index (χ2n) is 6.28. The fourth-order valence-corrected chi connectivity index (χ4v) is 3.13. The van der Waals surface area contributed by atoms with E-state index in [1.54, 1.807) is 12.4 Å². The molecule has 7 nitrogen and oxygen atoms in total. The molecule has 0 aliphatic rings. The number of fused-ring (bicyclic) bond motifs is 2. The first kappa shape index (κ1) is 16.2. The smallest absolute Gasteiger partial charge is 0.341 e. The molecule has 0 fully saturated rings. The van der Waals surface area contributed by atoms with Crippen molar-refractivity contribution in [3.8, 4) is 0 Å². The third kappa shape index (κ3) is 3.00. The van der Waals surface area contributed by atoms with Crippen LogP contribution in [0.1, 0.15) is 21.5 Å². The number of hydrogen-bond donors (Lipinski definition) is 1. The van der Waals surface area contributed by atoms with Gasteiger partial charge in [-0.25, -0.2) is 14.3 Å². The van der Waals surface area contributed by atoms with Gasteiger partial charge in [0, 0.05) is 48.8 Å². The van der Waals surface area contributed by atoms with Gasteiger partial charge in [0.25, 0.3) is 0 Å². The van der Waals surface area contributed by atoms with Gasteiger partial charge in [0.05, 0.1) is 6.20 Å². The molecule has 4 aromatic rings. The van der Waals surface area contributed by atoms with Crippen molar-refractivity contribution in [3.63, 3.8) is 0 Å². The molecule has 0 amide bonds. The molecule has 1 aromatic carbocycles. The second kappa shape index (κ2) is 6.53. The highest BCUT2D eigenvalue weighted by molar-refractivity contribution is 5.94. The summed E-state index contributed by atoms with van der Waals surface area (Å²) in [6, 6.07) is 8.25. The van der Waals surface area contributed by atoms with Gasteiger partial charge in [0.2, 0.25) is 0 Å². The van der Waals surface area contributed by atoms with Crippen molar-refractivity contribution in [2.45, 2.75) is 13.1 Å². The zero-order chi connectivity index (χ0) is 18.1. The lowest BCUT2D eigenvalue weighted by atomic mass is 10.1. The van der Waals surface area contributed by atoms with E-state index < -0.39 is 5.97 Å². The maximum Gasteiger partial charge on any atom is 0.341 e. The van der Waals surface area contributed by atoms with E-state index in [2.05, 4.69) is 32.1 Å². The monoisotopic (exact) mass is 347 g/mol. The predicted molar refractivity (Wildman–Crippen MR) is 96.9 cm³/mol. The Morgan fingerprint density at radius 2 is 2.08 bits per heavy atom. The van der Waals surface area contributed by atoms with Gasteiger partial charge in [-0.1, -0.05) is 18.2 Å². The van der Waals surface area contributed by atoms with Crippen LogP contribution in [-0.2, 0) is 13.1 Å². The molecule has 3 heterocycles. The van der Waals surface area contributed by atoms with Gasteiger partial charge in [-0.05, 0) is 24.1 Å². The highest BCUT2D eigenvalue weighted by Gasteiger charge is 2.13. The average molecular weight is 347 g/mol. The third-order valence-corrected chi connectivity index (χ3v) is 4.30. The summed E-state index contributed by atoms with van der Waals surface area (Å²) in [5, 5.41) is 15.5. The summed E-state index contributed by atoms with van der Waals surface area (Å²) in [7, 11) is 2.04. The number of rotatable bonds is 5. The molecular formula is C19H17N5O2. The summed E-state index contributed by atoms with van der Waals surface area (Å²) in [4.78, 5) is 21.8. The predicted octanol–water partition coefficient (Wildman–Crippen LogP) is 2.61. The van der Waals surface area contributed by atoms with Crippen LogP contribution >= 0.6 is 0 Å². The number of pyridine rings is 1. The van der Waals surface area contributed by atoms with Crippen molar-refractivity contribution < 1.29 is 9.90 Å². The number of hydrogen-bond acceptors (Lipinski definition) is 5. The van der Waals surface area contributed by atoms with Crippen molar-refractivity contribution in [3.05, 3.63) is 71.9 Å². The van der Waals surface area contributed by atoms with E-state index in [4.69, 9.17) is 5.11 Å². The van der Waals surface area contributed by atoms with E-state index in [0.29, 0.717) is 12.2 Å². The molecule has 4 rings (SSSR count). The number of benzene rings is 1. The lowest BCUT2D eigenvalue weighted by Crippen LogP contribution is -2.18. The van der Waals surface area contributed by atoms with Gasteiger partial charge in [0.1, 0.15) is 5.56 Å². The van der Waals surface area contributed by atoms with Crippen molar-refractivity contribution in [1.29, 1.82) is 0 Å². The highest BCUT2D eigenvalue weighted by atomic mass is 16.4. The Morgan fingerprint density at radius 3 is 2.92 bits per heavy atom. The van der Waals surface area contributed by atoms with Crippen LogP contribution in [0.25, 0.3) is 16.4 Å². The first-order chi connectivity index (χ1) is 12.6. The summed E-state index contributed by atoms with van der Waals surface area (Å²) in [5.74, 6) is -1.03. The number of carboxylic acids is 1. The van der Waals surface area contributed by atoms with Gasteiger partial charge >= 0.3 is 5.97 Å². The average Bonchev–Trinajstić information content (AvgIpc) is 3.05. The second-order valence-corrected chi connectivity index (χ2v) is 6.28. The molecule has 0 aliphatic heterocycles. The lowest BCUT2D eigenvalue weighted by molar-refractivity contribution is 0.0698. The molecule has 0 bridgehead atoms. The summed E-state index contributed by atoms with van der Waals surface area (Å²) in [5.41, 5.74) is 2.65. The molecule has 26 heavy (non-hydrogen) atoms. The standard InChI is InChI=1S/C19H17N5O2/c1-23(12-15-4-2-3-14-8-20-6-5-16(14)15)10-13-7-21-18-17(19(25)26)9-22-24(18)11-13/h2-9,11H,10,12H2,1H3,(H,25,26). The van der Waals surface area contributed by atoms with E-state index in [1.165, 1.54) is 21.7 Å². The summed E-state index contributed by atoms with van der Waals surface area (Å²) >= 11 is 0.